The molecule has 0 bridgehead atoms. The Morgan fingerprint density at radius 3 is 2.82 bits per heavy atom. The first-order valence-electron chi connectivity index (χ1n) is 5.36. The van der Waals surface area contributed by atoms with Crippen LogP contribution in [0.25, 0.3) is 12.2 Å². The summed E-state index contributed by atoms with van der Waals surface area (Å²) in [5.41, 5.74) is 3.57. The fourth-order valence-electron chi connectivity index (χ4n) is 2.06. The molecule has 1 aliphatic rings. The normalized spacial score (nSPS) is 12.7. The Bertz CT molecular complexity index is 623. The van der Waals surface area contributed by atoms with Gasteiger partial charge in [-0.05, 0) is 35.3 Å². The maximum Gasteiger partial charge on any atom is 0.345 e. The van der Waals surface area contributed by atoms with Crippen LogP contribution in [0.2, 0.25) is 0 Å². The Morgan fingerprint density at radius 2 is 2.00 bits per heavy atom. The summed E-state index contributed by atoms with van der Waals surface area (Å²) in [5.74, 6) is -0.843. The number of rotatable bonds is 1. The Balaban J connectivity index is 2.11. The third kappa shape index (κ3) is 1.78. The highest BCUT2D eigenvalue weighted by atomic mass is 32.1. The minimum absolute atomic E-state index is 0.416. The van der Waals surface area contributed by atoms with E-state index in [1.807, 2.05) is 18.2 Å². The van der Waals surface area contributed by atoms with Crippen molar-refractivity contribution in [3.8, 4) is 0 Å². The molecule has 3 heteroatoms. The molecule has 0 saturated carbocycles. The summed E-state index contributed by atoms with van der Waals surface area (Å²) in [6.45, 7) is 0. The molecule has 0 unspecified atom stereocenters. The lowest BCUT2D eigenvalue weighted by molar-refractivity contribution is 0.0702. The average molecular weight is 242 g/mol. The van der Waals surface area contributed by atoms with Crippen LogP contribution in [0.4, 0.5) is 0 Å². The van der Waals surface area contributed by atoms with Gasteiger partial charge in [0.25, 0.3) is 0 Å². The Hall–Kier alpha value is -1.87. The van der Waals surface area contributed by atoms with Gasteiger partial charge in [-0.1, -0.05) is 30.3 Å². The van der Waals surface area contributed by atoms with Crippen LogP contribution in [0.15, 0.2) is 30.3 Å². The van der Waals surface area contributed by atoms with Crippen molar-refractivity contribution in [3.63, 3.8) is 0 Å². The summed E-state index contributed by atoms with van der Waals surface area (Å²) in [6.07, 6.45) is 4.88. The minimum atomic E-state index is -0.843. The molecule has 2 aromatic rings. The number of aromatic carboxylic acids is 1. The lowest BCUT2D eigenvalue weighted by Crippen LogP contribution is -1.92. The molecule has 0 fully saturated rings. The van der Waals surface area contributed by atoms with Gasteiger partial charge in [0.15, 0.2) is 0 Å². The fourth-order valence-corrected chi connectivity index (χ4v) is 2.98. The third-order valence-electron chi connectivity index (χ3n) is 2.90. The van der Waals surface area contributed by atoms with Gasteiger partial charge in [0.2, 0.25) is 0 Å². The predicted molar refractivity (Wildman–Crippen MR) is 69.5 cm³/mol. The molecule has 1 aromatic carbocycles. The van der Waals surface area contributed by atoms with Crippen molar-refractivity contribution < 1.29 is 9.90 Å². The van der Waals surface area contributed by atoms with Crippen molar-refractivity contribution in [2.45, 2.75) is 6.42 Å². The molecular weight excluding hydrogens is 232 g/mol. The molecule has 84 valence electrons. The van der Waals surface area contributed by atoms with Crippen LogP contribution >= 0.6 is 11.3 Å². The van der Waals surface area contributed by atoms with Gasteiger partial charge in [-0.2, -0.15) is 0 Å². The molecule has 0 radical (unpaired) electrons. The van der Waals surface area contributed by atoms with Crippen LogP contribution in [0.1, 0.15) is 31.2 Å². The molecule has 3 rings (SSSR count). The van der Waals surface area contributed by atoms with E-state index < -0.39 is 5.97 Å². The van der Waals surface area contributed by atoms with Gasteiger partial charge >= 0.3 is 5.97 Å². The highest BCUT2D eigenvalue weighted by molar-refractivity contribution is 7.15. The van der Waals surface area contributed by atoms with Crippen molar-refractivity contribution >= 4 is 29.5 Å². The van der Waals surface area contributed by atoms with Crippen LogP contribution in [-0.4, -0.2) is 11.1 Å². The molecule has 1 heterocycles. The zero-order valence-electron chi connectivity index (χ0n) is 9.01. The quantitative estimate of drug-likeness (QED) is 0.709. The van der Waals surface area contributed by atoms with E-state index in [4.69, 9.17) is 5.11 Å². The fraction of sp³-hybridized carbons (Fsp3) is 0.0714. The van der Waals surface area contributed by atoms with Crippen molar-refractivity contribution in [2.75, 3.05) is 0 Å². The van der Waals surface area contributed by atoms with E-state index in [0.29, 0.717) is 4.88 Å². The third-order valence-corrected chi connectivity index (χ3v) is 4.03. The van der Waals surface area contributed by atoms with E-state index in [2.05, 4.69) is 18.2 Å². The number of hydrogen-bond donors (Lipinski definition) is 1. The molecule has 17 heavy (non-hydrogen) atoms. The highest BCUT2D eigenvalue weighted by Gasteiger charge is 2.15. The van der Waals surface area contributed by atoms with E-state index in [9.17, 15) is 4.79 Å². The second-order valence-electron chi connectivity index (χ2n) is 4.01. The molecule has 0 spiro atoms. The van der Waals surface area contributed by atoms with Crippen molar-refractivity contribution in [1.29, 1.82) is 0 Å². The van der Waals surface area contributed by atoms with E-state index in [1.54, 1.807) is 6.07 Å². The molecule has 1 aromatic heterocycles. The standard InChI is InChI=1S/C14H10O2S/c15-14(16)13-8-11-7-10-4-2-1-3-9(10)5-6-12(11)17-13/h1-6,8H,7H2,(H,15,16). The van der Waals surface area contributed by atoms with Crippen molar-refractivity contribution in [3.05, 3.63) is 56.8 Å². The topological polar surface area (TPSA) is 37.3 Å². The van der Waals surface area contributed by atoms with E-state index in [-0.39, 0.29) is 0 Å². The average Bonchev–Trinajstić information content (AvgIpc) is 2.64. The molecule has 1 N–H and O–H groups in total. The molecule has 0 atom stereocenters. The van der Waals surface area contributed by atoms with Gasteiger partial charge in [0.05, 0.1) is 0 Å². The van der Waals surface area contributed by atoms with Crippen molar-refractivity contribution in [1.82, 2.24) is 0 Å². The second-order valence-corrected chi connectivity index (χ2v) is 5.10. The van der Waals surface area contributed by atoms with Gasteiger partial charge < -0.3 is 5.11 Å². The zero-order valence-corrected chi connectivity index (χ0v) is 9.83. The summed E-state index contributed by atoms with van der Waals surface area (Å²) >= 11 is 1.34. The largest absolute Gasteiger partial charge is 0.477 e. The van der Waals surface area contributed by atoms with Gasteiger partial charge in [0.1, 0.15) is 4.88 Å². The number of hydrogen-bond acceptors (Lipinski definition) is 2. The van der Waals surface area contributed by atoms with Crippen LogP contribution in [-0.2, 0) is 6.42 Å². The summed E-state index contributed by atoms with van der Waals surface area (Å²) in [5, 5.41) is 8.99. The number of carbonyl (C=O) groups is 1. The Morgan fingerprint density at radius 1 is 1.18 bits per heavy atom. The first-order chi connectivity index (χ1) is 8.24. The van der Waals surface area contributed by atoms with Gasteiger partial charge in [-0.25, -0.2) is 4.79 Å². The molecule has 0 saturated heterocycles. The molecule has 0 aliphatic heterocycles. The number of thiophene rings is 1. The highest BCUT2D eigenvalue weighted by Crippen LogP contribution is 2.30. The maximum atomic E-state index is 10.9. The predicted octanol–water partition coefficient (Wildman–Crippen LogP) is 3.52. The summed E-state index contributed by atoms with van der Waals surface area (Å²) in [6, 6.07) is 10.00. The van der Waals surface area contributed by atoms with E-state index in [0.717, 1.165) is 16.9 Å². The number of carboxylic acid groups (broad SMARTS) is 1. The van der Waals surface area contributed by atoms with E-state index in [1.165, 1.54) is 22.5 Å². The molecule has 1 aliphatic carbocycles. The van der Waals surface area contributed by atoms with Crippen molar-refractivity contribution in [2.24, 2.45) is 0 Å². The summed E-state index contributed by atoms with van der Waals surface area (Å²) in [4.78, 5) is 12.4. The molecule has 2 nitrogen and oxygen atoms in total. The van der Waals surface area contributed by atoms with Crippen LogP contribution in [0, 0.1) is 0 Å². The summed E-state index contributed by atoms with van der Waals surface area (Å²) in [7, 11) is 0. The van der Waals surface area contributed by atoms with Gasteiger partial charge in [-0.3, -0.25) is 0 Å². The monoisotopic (exact) mass is 242 g/mol. The summed E-state index contributed by atoms with van der Waals surface area (Å²) < 4.78 is 0. The lowest BCUT2D eigenvalue weighted by Gasteiger charge is -2.02. The first-order valence-corrected chi connectivity index (χ1v) is 6.17. The van der Waals surface area contributed by atoms with Crippen LogP contribution < -0.4 is 0 Å². The first kappa shape index (κ1) is 10.3. The minimum Gasteiger partial charge on any atom is -0.477 e. The van der Waals surface area contributed by atoms with Gasteiger partial charge in [0, 0.05) is 4.88 Å². The zero-order chi connectivity index (χ0) is 11.8. The molecule has 0 amide bonds. The Kier molecular flexibility index (Phi) is 2.34. The van der Waals surface area contributed by atoms with E-state index >= 15 is 0 Å². The second kappa shape index (κ2) is 3.86. The number of fused-ring (bicyclic) bond motifs is 2. The maximum absolute atomic E-state index is 10.9. The lowest BCUT2D eigenvalue weighted by atomic mass is 10.0. The van der Waals surface area contributed by atoms with Crippen LogP contribution in [0.5, 0.6) is 0 Å². The Labute approximate surface area is 103 Å². The van der Waals surface area contributed by atoms with Crippen LogP contribution in [0.3, 0.4) is 0 Å². The number of carboxylic acids is 1. The smallest absolute Gasteiger partial charge is 0.345 e. The number of benzene rings is 1. The SMILES string of the molecule is O=C(O)c1cc2c(s1)C=Cc1ccccc1C2. The molecular formula is C14H10O2S. The van der Waals surface area contributed by atoms with Gasteiger partial charge in [-0.15, -0.1) is 11.3 Å².